The first-order valence-corrected chi connectivity index (χ1v) is 7.63. The molecule has 0 bridgehead atoms. The molecule has 23 heavy (non-hydrogen) atoms. The second-order valence-electron chi connectivity index (χ2n) is 6.04. The molecule has 0 aliphatic heterocycles. The van der Waals surface area contributed by atoms with Gasteiger partial charge in [0.05, 0.1) is 0 Å². The van der Waals surface area contributed by atoms with E-state index in [-0.39, 0.29) is 11.7 Å². The number of hydrogen-bond acceptors (Lipinski definition) is 3. The van der Waals surface area contributed by atoms with Gasteiger partial charge in [0.25, 0.3) is 5.91 Å². The summed E-state index contributed by atoms with van der Waals surface area (Å²) < 4.78 is 39.8. The molecule has 0 spiro atoms. The molecule has 0 fully saturated rings. The third-order valence-corrected chi connectivity index (χ3v) is 3.78. The maximum absolute atomic E-state index is 12.8. The molecule has 4 nitrogen and oxygen atoms in total. The molecule has 0 aromatic carbocycles. The molecule has 0 saturated carbocycles. The number of aromatic nitrogens is 2. The van der Waals surface area contributed by atoms with Crippen LogP contribution in [0, 0.1) is 12.3 Å². The molecule has 0 unspecified atom stereocenters. The van der Waals surface area contributed by atoms with Gasteiger partial charge in [0.1, 0.15) is 11.5 Å². The highest BCUT2D eigenvalue weighted by atomic mass is 32.1. The number of hydrogen-bond donors (Lipinski definition) is 0. The van der Waals surface area contributed by atoms with Crippen molar-refractivity contribution in [2.75, 3.05) is 0 Å². The molecule has 0 aliphatic carbocycles. The molecule has 0 aliphatic rings. The van der Waals surface area contributed by atoms with Gasteiger partial charge in [-0.25, -0.2) is 4.98 Å². The Bertz CT molecular complexity index is 797. The zero-order chi connectivity index (χ0) is 17.4. The van der Waals surface area contributed by atoms with E-state index in [1.165, 1.54) is 28.0 Å². The highest BCUT2D eigenvalue weighted by Gasteiger charge is 2.32. The van der Waals surface area contributed by atoms with Crippen LogP contribution in [0.15, 0.2) is 29.4 Å². The normalized spacial score (nSPS) is 13.4. The highest BCUT2D eigenvalue weighted by molar-refractivity contribution is 7.09. The number of alkyl halides is 3. The minimum absolute atomic E-state index is 0.0737. The third kappa shape index (κ3) is 4.07. The summed E-state index contributed by atoms with van der Waals surface area (Å²) in [5.74, 6) is -0.273. The van der Waals surface area contributed by atoms with E-state index < -0.39 is 17.3 Å². The summed E-state index contributed by atoms with van der Waals surface area (Å²) in [4.78, 5) is 20.9. The molecule has 2 aromatic rings. The Morgan fingerprint density at radius 1 is 1.26 bits per heavy atom. The van der Waals surface area contributed by atoms with Crippen molar-refractivity contribution in [2.45, 2.75) is 33.9 Å². The van der Waals surface area contributed by atoms with E-state index in [1.54, 1.807) is 33.9 Å². The number of nitrogens with zero attached hydrogens (tertiary/aromatic N) is 3. The maximum Gasteiger partial charge on any atom is 0.433 e. The van der Waals surface area contributed by atoms with Crippen LogP contribution >= 0.6 is 11.3 Å². The minimum atomic E-state index is -4.53. The summed E-state index contributed by atoms with van der Waals surface area (Å²) in [6, 6.07) is 3.63. The zero-order valence-electron chi connectivity index (χ0n) is 13.1. The van der Waals surface area contributed by atoms with Crippen LogP contribution in [-0.2, 0) is 11.0 Å². The first kappa shape index (κ1) is 17.4. The summed E-state index contributed by atoms with van der Waals surface area (Å²) in [7, 11) is 0. The van der Waals surface area contributed by atoms with Gasteiger partial charge >= 0.3 is 6.18 Å². The largest absolute Gasteiger partial charge is 0.433 e. The Balaban J connectivity index is 2.58. The van der Waals surface area contributed by atoms with Crippen molar-refractivity contribution in [1.82, 2.24) is 9.55 Å². The summed E-state index contributed by atoms with van der Waals surface area (Å²) in [6.07, 6.45) is -2.91. The minimum Gasteiger partial charge on any atom is -0.276 e. The van der Waals surface area contributed by atoms with Crippen molar-refractivity contribution in [3.8, 4) is 5.82 Å². The number of pyridine rings is 1. The monoisotopic (exact) mass is 343 g/mol. The van der Waals surface area contributed by atoms with Crippen LogP contribution in [-0.4, -0.2) is 15.5 Å². The number of thiazole rings is 1. The number of carbonyl (C=O) groups is 1. The molecule has 2 rings (SSSR count). The standard InChI is InChI=1S/C15H16F3N3OS/c1-9-8-21(13(23-9)20-12(22)14(2,3)4)11-7-5-6-10(19-11)15(16,17)18/h5-8H,1-4H3/b20-13-. The Morgan fingerprint density at radius 3 is 2.48 bits per heavy atom. The third-order valence-electron chi connectivity index (χ3n) is 2.88. The predicted molar refractivity (Wildman–Crippen MR) is 81.2 cm³/mol. The van der Waals surface area contributed by atoms with Crippen molar-refractivity contribution in [3.05, 3.63) is 39.8 Å². The predicted octanol–water partition coefficient (Wildman–Crippen LogP) is 3.73. The average Bonchev–Trinajstić information content (AvgIpc) is 2.78. The fourth-order valence-electron chi connectivity index (χ4n) is 1.67. The van der Waals surface area contributed by atoms with Crippen LogP contribution < -0.4 is 4.80 Å². The Morgan fingerprint density at radius 2 is 1.91 bits per heavy atom. The summed E-state index contributed by atoms with van der Waals surface area (Å²) in [5.41, 5.74) is -1.66. The van der Waals surface area contributed by atoms with Gasteiger partial charge in [-0.3, -0.25) is 9.36 Å². The smallest absolute Gasteiger partial charge is 0.276 e. The zero-order valence-corrected chi connectivity index (χ0v) is 13.9. The van der Waals surface area contributed by atoms with E-state index in [1.807, 2.05) is 0 Å². The van der Waals surface area contributed by atoms with Crippen LogP contribution in [0.1, 0.15) is 31.3 Å². The summed E-state index contributed by atoms with van der Waals surface area (Å²) in [6.45, 7) is 6.97. The lowest BCUT2D eigenvalue weighted by Crippen LogP contribution is -2.23. The van der Waals surface area contributed by atoms with E-state index in [2.05, 4.69) is 9.98 Å². The van der Waals surface area contributed by atoms with Crippen molar-refractivity contribution in [2.24, 2.45) is 10.4 Å². The molecular formula is C15H16F3N3OS. The first-order valence-electron chi connectivity index (χ1n) is 6.81. The molecule has 124 valence electrons. The van der Waals surface area contributed by atoms with Gasteiger partial charge < -0.3 is 0 Å². The van der Waals surface area contributed by atoms with Crippen LogP contribution in [0.3, 0.4) is 0 Å². The lowest BCUT2D eigenvalue weighted by molar-refractivity contribution is -0.141. The van der Waals surface area contributed by atoms with Crippen molar-refractivity contribution in [1.29, 1.82) is 0 Å². The number of carbonyl (C=O) groups excluding carboxylic acids is 1. The van der Waals surface area contributed by atoms with Crippen molar-refractivity contribution in [3.63, 3.8) is 0 Å². The SMILES string of the molecule is Cc1cn(-c2cccc(C(F)(F)F)n2)/c(=N/C(=O)C(C)(C)C)s1. The van der Waals surface area contributed by atoms with E-state index >= 15 is 0 Å². The lowest BCUT2D eigenvalue weighted by atomic mass is 9.96. The van der Waals surface area contributed by atoms with E-state index in [0.717, 1.165) is 10.9 Å². The Kier molecular flexibility index (Phi) is 4.48. The van der Waals surface area contributed by atoms with E-state index in [0.29, 0.717) is 4.80 Å². The van der Waals surface area contributed by atoms with Crippen molar-refractivity contribution < 1.29 is 18.0 Å². The van der Waals surface area contributed by atoms with Gasteiger partial charge in [-0.2, -0.15) is 18.2 Å². The lowest BCUT2D eigenvalue weighted by Gasteiger charge is -2.12. The second-order valence-corrected chi connectivity index (χ2v) is 7.25. The number of rotatable bonds is 1. The average molecular weight is 343 g/mol. The molecule has 0 N–H and O–H groups in total. The van der Waals surface area contributed by atoms with Gasteiger partial charge in [-0.05, 0) is 19.1 Å². The van der Waals surface area contributed by atoms with Crippen LogP contribution in [0.25, 0.3) is 5.82 Å². The molecule has 0 radical (unpaired) electrons. The summed E-state index contributed by atoms with van der Waals surface area (Å²) in [5, 5.41) is 0. The Hall–Kier alpha value is -1.96. The van der Waals surface area contributed by atoms with Gasteiger partial charge in [0, 0.05) is 16.5 Å². The molecule has 0 atom stereocenters. The molecule has 8 heteroatoms. The number of amides is 1. The van der Waals surface area contributed by atoms with Crippen LogP contribution in [0.2, 0.25) is 0 Å². The van der Waals surface area contributed by atoms with Gasteiger partial charge in [0.15, 0.2) is 4.80 Å². The Labute approximate surface area is 135 Å². The molecular weight excluding hydrogens is 327 g/mol. The van der Waals surface area contributed by atoms with E-state index in [4.69, 9.17) is 0 Å². The highest BCUT2D eigenvalue weighted by Crippen LogP contribution is 2.27. The second kappa shape index (κ2) is 5.92. The number of halogens is 3. The van der Waals surface area contributed by atoms with Gasteiger partial charge in [-0.15, -0.1) is 11.3 Å². The van der Waals surface area contributed by atoms with Gasteiger partial charge in [0.2, 0.25) is 0 Å². The molecule has 1 amide bonds. The van der Waals surface area contributed by atoms with Gasteiger partial charge in [-0.1, -0.05) is 26.8 Å². The molecule has 2 aromatic heterocycles. The molecule has 2 heterocycles. The quantitative estimate of drug-likeness (QED) is 0.792. The topological polar surface area (TPSA) is 47.2 Å². The van der Waals surface area contributed by atoms with Crippen LogP contribution in [0.5, 0.6) is 0 Å². The van der Waals surface area contributed by atoms with Crippen LogP contribution in [0.4, 0.5) is 13.2 Å². The summed E-state index contributed by atoms with van der Waals surface area (Å²) >= 11 is 1.22. The van der Waals surface area contributed by atoms with E-state index in [9.17, 15) is 18.0 Å². The maximum atomic E-state index is 12.8. The molecule has 0 saturated heterocycles. The fraction of sp³-hybridized carbons (Fsp3) is 0.400. The van der Waals surface area contributed by atoms with Crippen molar-refractivity contribution >= 4 is 17.2 Å². The fourth-order valence-corrected chi connectivity index (χ4v) is 2.49. The first-order chi connectivity index (χ1) is 10.5. The number of aryl methyl sites for hydroxylation is 1.